The van der Waals surface area contributed by atoms with E-state index in [1.807, 2.05) is 44.2 Å². The summed E-state index contributed by atoms with van der Waals surface area (Å²) in [5.41, 5.74) is 4.79. The zero-order valence-corrected chi connectivity index (χ0v) is 18.8. The normalized spacial score (nSPS) is 11.7. The van der Waals surface area contributed by atoms with E-state index in [1.54, 1.807) is 25.1 Å². The van der Waals surface area contributed by atoms with Gasteiger partial charge in [0.25, 0.3) is 5.89 Å². The third kappa shape index (κ3) is 4.32. The van der Waals surface area contributed by atoms with Crippen molar-refractivity contribution in [2.75, 3.05) is 0 Å². The van der Waals surface area contributed by atoms with Crippen LogP contribution in [0.4, 0.5) is 0 Å². The summed E-state index contributed by atoms with van der Waals surface area (Å²) in [5.74, 6) is 1.08. The molecule has 2 aromatic heterocycles. The SMILES string of the molecule is CCc1ccc(-c2noc(-c3ccc(CS(=O)(=O)c4cc(C)c(C)cc4C)o3)n2)cc1. The van der Waals surface area contributed by atoms with Crippen molar-refractivity contribution < 1.29 is 17.4 Å². The highest BCUT2D eigenvalue weighted by molar-refractivity contribution is 7.90. The minimum atomic E-state index is -3.56. The van der Waals surface area contributed by atoms with Crippen LogP contribution in [0.1, 0.15) is 34.9 Å². The molecule has 6 nitrogen and oxygen atoms in total. The van der Waals surface area contributed by atoms with E-state index in [4.69, 9.17) is 8.94 Å². The monoisotopic (exact) mass is 436 g/mol. The third-order valence-corrected chi connectivity index (χ3v) is 7.15. The van der Waals surface area contributed by atoms with E-state index in [1.165, 1.54) is 5.56 Å². The van der Waals surface area contributed by atoms with E-state index in [0.29, 0.717) is 22.2 Å². The number of aryl methyl sites for hydroxylation is 4. The Kier molecular flexibility index (Phi) is 5.54. The summed E-state index contributed by atoms with van der Waals surface area (Å²) in [6, 6.07) is 14.8. The lowest BCUT2D eigenvalue weighted by Gasteiger charge is -2.10. The van der Waals surface area contributed by atoms with Crippen molar-refractivity contribution in [1.29, 1.82) is 0 Å². The largest absolute Gasteiger partial charge is 0.455 e. The van der Waals surface area contributed by atoms with Crippen molar-refractivity contribution in [3.05, 3.63) is 76.5 Å². The quantitative estimate of drug-likeness (QED) is 0.399. The molecule has 0 bridgehead atoms. The number of benzene rings is 2. The molecule has 2 aromatic carbocycles. The molecule has 0 saturated carbocycles. The van der Waals surface area contributed by atoms with Crippen molar-refractivity contribution in [1.82, 2.24) is 10.1 Å². The molecule has 0 radical (unpaired) electrons. The standard InChI is InChI=1S/C24H24N2O4S/c1-5-18-6-8-19(9-7-18)23-25-24(30-26-23)21-11-10-20(29-21)14-31(27,28)22-13-16(3)15(2)12-17(22)4/h6-13H,5,14H2,1-4H3. The van der Waals surface area contributed by atoms with E-state index in [-0.39, 0.29) is 11.6 Å². The average molecular weight is 437 g/mol. The summed E-state index contributed by atoms with van der Waals surface area (Å²) in [5, 5.41) is 4.01. The zero-order valence-electron chi connectivity index (χ0n) is 18.0. The molecule has 4 rings (SSSR count). The Hall–Kier alpha value is -3.19. The molecule has 0 atom stereocenters. The third-order valence-electron chi connectivity index (χ3n) is 5.38. The van der Waals surface area contributed by atoms with Crippen LogP contribution >= 0.6 is 0 Å². The van der Waals surface area contributed by atoms with Gasteiger partial charge in [0.15, 0.2) is 15.6 Å². The molecular formula is C24H24N2O4S. The Labute approximate surface area is 181 Å². The summed E-state index contributed by atoms with van der Waals surface area (Å²) in [4.78, 5) is 4.71. The van der Waals surface area contributed by atoms with Crippen LogP contribution in [0.25, 0.3) is 23.0 Å². The van der Waals surface area contributed by atoms with Crippen molar-refractivity contribution in [2.24, 2.45) is 0 Å². The molecule has 0 aliphatic heterocycles. The van der Waals surface area contributed by atoms with E-state index in [2.05, 4.69) is 17.1 Å². The van der Waals surface area contributed by atoms with Gasteiger partial charge in [-0.1, -0.05) is 42.4 Å². The smallest absolute Gasteiger partial charge is 0.293 e. The van der Waals surface area contributed by atoms with Crippen LogP contribution in [0, 0.1) is 20.8 Å². The highest BCUT2D eigenvalue weighted by Crippen LogP contribution is 2.28. The summed E-state index contributed by atoms with van der Waals surface area (Å²) in [7, 11) is -3.56. The van der Waals surface area contributed by atoms with Crippen molar-refractivity contribution >= 4 is 9.84 Å². The Morgan fingerprint density at radius 1 is 0.903 bits per heavy atom. The molecule has 0 N–H and O–H groups in total. The Morgan fingerprint density at radius 3 is 2.32 bits per heavy atom. The van der Waals surface area contributed by atoms with Crippen LogP contribution in [0.2, 0.25) is 0 Å². The molecule has 0 saturated heterocycles. The van der Waals surface area contributed by atoms with Gasteiger partial charge in [-0.25, -0.2) is 8.42 Å². The number of aromatic nitrogens is 2. The van der Waals surface area contributed by atoms with Gasteiger partial charge in [0.05, 0.1) is 4.90 Å². The number of hydrogen-bond acceptors (Lipinski definition) is 6. The van der Waals surface area contributed by atoms with Gasteiger partial charge in [0.1, 0.15) is 11.5 Å². The molecular weight excluding hydrogens is 412 g/mol. The molecule has 0 unspecified atom stereocenters. The number of hydrogen-bond donors (Lipinski definition) is 0. The van der Waals surface area contributed by atoms with Gasteiger partial charge in [-0.05, 0) is 67.6 Å². The van der Waals surface area contributed by atoms with Crippen LogP contribution in [0.3, 0.4) is 0 Å². The number of nitrogens with zero attached hydrogens (tertiary/aromatic N) is 2. The topological polar surface area (TPSA) is 86.2 Å². The van der Waals surface area contributed by atoms with Gasteiger partial charge < -0.3 is 8.94 Å². The minimum absolute atomic E-state index is 0.209. The van der Waals surface area contributed by atoms with Gasteiger partial charge in [0.2, 0.25) is 5.82 Å². The van der Waals surface area contributed by atoms with Gasteiger partial charge in [-0.15, -0.1) is 0 Å². The van der Waals surface area contributed by atoms with Gasteiger partial charge in [-0.3, -0.25) is 0 Å². The zero-order chi connectivity index (χ0) is 22.2. The Morgan fingerprint density at radius 2 is 1.61 bits per heavy atom. The molecule has 7 heteroatoms. The van der Waals surface area contributed by atoms with E-state index in [0.717, 1.165) is 28.7 Å². The lowest BCUT2D eigenvalue weighted by atomic mass is 10.1. The van der Waals surface area contributed by atoms with Gasteiger partial charge >= 0.3 is 0 Å². The molecule has 0 spiro atoms. The van der Waals surface area contributed by atoms with Crippen LogP contribution in [-0.4, -0.2) is 18.6 Å². The molecule has 0 amide bonds. The predicted octanol–water partition coefficient (Wildman–Crippen LogP) is 5.46. The maximum absolute atomic E-state index is 13.0. The first-order chi connectivity index (χ1) is 14.8. The molecule has 0 aliphatic rings. The maximum atomic E-state index is 13.0. The van der Waals surface area contributed by atoms with E-state index >= 15 is 0 Å². The summed E-state index contributed by atoms with van der Waals surface area (Å²) < 4.78 is 37.0. The summed E-state index contributed by atoms with van der Waals surface area (Å²) in [6.45, 7) is 7.77. The highest BCUT2D eigenvalue weighted by Gasteiger charge is 2.22. The first kappa shape index (κ1) is 21.1. The van der Waals surface area contributed by atoms with Crippen molar-refractivity contribution in [3.63, 3.8) is 0 Å². The summed E-state index contributed by atoms with van der Waals surface area (Å²) >= 11 is 0. The Bertz CT molecular complexity index is 1330. The van der Waals surface area contributed by atoms with E-state index in [9.17, 15) is 8.42 Å². The molecule has 2 heterocycles. The fourth-order valence-electron chi connectivity index (χ4n) is 3.43. The van der Waals surface area contributed by atoms with Gasteiger partial charge in [-0.2, -0.15) is 4.98 Å². The maximum Gasteiger partial charge on any atom is 0.293 e. The fraction of sp³-hybridized carbons (Fsp3) is 0.250. The molecule has 160 valence electrons. The molecule has 0 aliphatic carbocycles. The van der Waals surface area contributed by atoms with Crippen LogP contribution in [0.15, 0.2) is 62.4 Å². The molecule has 0 fully saturated rings. The fourth-order valence-corrected chi connectivity index (χ4v) is 5.03. The first-order valence-corrected chi connectivity index (χ1v) is 11.7. The van der Waals surface area contributed by atoms with E-state index < -0.39 is 9.84 Å². The Balaban J connectivity index is 1.56. The average Bonchev–Trinajstić information content (AvgIpc) is 3.40. The summed E-state index contributed by atoms with van der Waals surface area (Å²) in [6.07, 6.45) is 0.956. The lowest BCUT2D eigenvalue weighted by molar-refractivity contribution is 0.413. The second kappa shape index (κ2) is 8.15. The van der Waals surface area contributed by atoms with Crippen LogP contribution in [-0.2, 0) is 22.0 Å². The second-order valence-electron chi connectivity index (χ2n) is 7.70. The number of furan rings is 1. The van der Waals surface area contributed by atoms with Crippen LogP contribution in [0.5, 0.6) is 0 Å². The van der Waals surface area contributed by atoms with Crippen molar-refractivity contribution in [3.8, 4) is 23.0 Å². The van der Waals surface area contributed by atoms with Crippen LogP contribution < -0.4 is 0 Å². The lowest BCUT2D eigenvalue weighted by Crippen LogP contribution is -2.07. The number of rotatable bonds is 6. The highest BCUT2D eigenvalue weighted by atomic mass is 32.2. The predicted molar refractivity (Wildman–Crippen MR) is 118 cm³/mol. The number of sulfone groups is 1. The minimum Gasteiger partial charge on any atom is -0.455 e. The van der Waals surface area contributed by atoms with Gasteiger partial charge in [0, 0.05) is 5.56 Å². The second-order valence-corrected chi connectivity index (χ2v) is 9.66. The van der Waals surface area contributed by atoms with Crippen molar-refractivity contribution in [2.45, 2.75) is 44.8 Å². The first-order valence-electron chi connectivity index (χ1n) is 10.1. The molecule has 4 aromatic rings. The molecule has 31 heavy (non-hydrogen) atoms.